The molecule has 0 N–H and O–H groups in total. The molecule has 0 aromatic carbocycles. The van der Waals surface area contributed by atoms with Gasteiger partial charge in [-0.2, -0.15) is 13.2 Å². The van der Waals surface area contributed by atoms with Crippen molar-refractivity contribution in [3.05, 3.63) is 0 Å². The Balaban J connectivity index is -0.0000000535. The van der Waals surface area contributed by atoms with Gasteiger partial charge in [-0.1, -0.05) is 132 Å². The van der Waals surface area contributed by atoms with Crippen LogP contribution in [0.4, 0.5) is 17.6 Å². The SMILES string of the molecule is C.C.C.CC(C)(C)CC(F)(F)F.CC(F)CC(C)(C)C.CCC(C)(C)C.CCCC(C)(C)C. The van der Waals surface area contributed by atoms with Crippen molar-refractivity contribution in [2.45, 2.75) is 171 Å². The predicted molar refractivity (Wildman–Crippen MR) is 149 cm³/mol. The van der Waals surface area contributed by atoms with E-state index < -0.39 is 24.2 Å². The fraction of sp³-hybridized carbons (Fsp3) is 1.00. The molecular formula is C29H68F4. The fourth-order valence-corrected chi connectivity index (χ4v) is 2.20. The fourth-order valence-electron chi connectivity index (χ4n) is 2.20. The van der Waals surface area contributed by atoms with Gasteiger partial charge in [0.25, 0.3) is 0 Å². The van der Waals surface area contributed by atoms with Gasteiger partial charge in [0.2, 0.25) is 0 Å². The molecule has 0 saturated carbocycles. The molecule has 0 saturated heterocycles. The second-order valence-electron chi connectivity index (χ2n) is 13.1. The molecule has 1 unspecified atom stereocenters. The summed E-state index contributed by atoms with van der Waals surface area (Å²) in [5.74, 6) is 0. The maximum atomic E-state index is 12.2. The lowest BCUT2D eigenvalue weighted by atomic mass is 9.90. The lowest BCUT2D eigenvalue weighted by molar-refractivity contribution is -0.152. The van der Waals surface area contributed by atoms with Gasteiger partial charge in [0, 0.05) is 6.42 Å². The van der Waals surface area contributed by atoms with Gasteiger partial charge in [0.05, 0.1) is 6.17 Å². The van der Waals surface area contributed by atoms with Crippen molar-refractivity contribution in [2.75, 3.05) is 0 Å². The second-order valence-corrected chi connectivity index (χ2v) is 13.1. The lowest BCUT2D eigenvalue weighted by Gasteiger charge is -2.19. The molecule has 0 nitrogen and oxygen atoms in total. The zero-order chi connectivity index (χ0) is 25.6. The molecule has 0 aliphatic carbocycles. The molecule has 4 heteroatoms. The highest BCUT2D eigenvalue weighted by molar-refractivity contribution is 4.66. The first-order chi connectivity index (χ1) is 12.7. The Morgan fingerprint density at radius 3 is 0.879 bits per heavy atom. The van der Waals surface area contributed by atoms with Crippen molar-refractivity contribution >= 4 is 0 Å². The summed E-state index contributed by atoms with van der Waals surface area (Å²) in [6.07, 6.45) is -0.802. The average molecular weight is 493 g/mol. The van der Waals surface area contributed by atoms with Gasteiger partial charge in [0.15, 0.2) is 0 Å². The van der Waals surface area contributed by atoms with E-state index in [1.165, 1.54) is 19.3 Å². The predicted octanol–water partition coefficient (Wildman–Crippen LogP) is 12.9. The molecular weight excluding hydrogens is 424 g/mol. The molecule has 0 spiro atoms. The normalized spacial score (nSPS) is 12.5. The monoisotopic (exact) mass is 493 g/mol. The van der Waals surface area contributed by atoms with E-state index in [1.54, 1.807) is 27.7 Å². The second kappa shape index (κ2) is 21.0. The van der Waals surface area contributed by atoms with E-state index in [0.29, 0.717) is 17.3 Å². The summed E-state index contributed by atoms with van der Waals surface area (Å²) in [5, 5.41) is 0. The van der Waals surface area contributed by atoms with Gasteiger partial charge >= 0.3 is 6.18 Å². The molecule has 0 rings (SSSR count). The standard InChI is InChI=1S/C7H15F.C7H16.C6H11F3.C6H14.3CH4/c1-6(8)5-7(2,3)4;1-5-6-7(2,3)4;1-5(2,3)4-6(7,8)9;1-5-6(2,3)4;;;/h6H,5H2,1-4H3;5-6H2,1-4H3;4H2,1-3H3;5H2,1-4H3;3*1H4. The third-order valence-electron chi connectivity index (χ3n) is 3.69. The first-order valence-corrected chi connectivity index (χ1v) is 11.5. The quantitative estimate of drug-likeness (QED) is 0.336. The van der Waals surface area contributed by atoms with E-state index in [4.69, 9.17) is 0 Å². The van der Waals surface area contributed by atoms with Crippen molar-refractivity contribution in [2.24, 2.45) is 21.7 Å². The van der Waals surface area contributed by atoms with Crippen LogP contribution in [-0.2, 0) is 0 Å². The molecule has 0 aliphatic heterocycles. The first kappa shape index (κ1) is 49.8. The minimum Gasteiger partial charge on any atom is -0.248 e. The molecule has 212 valence electrons. The van der Waals surface area contributed by atoms with Crippen LogP contribution < -0.4 is 0 Å². The minimum absolute atomic E-state index is 0. The summed E-state index contributed by atoms with van der Waals surface area (Å²) in [7, 11) is 0. The van der Waals surface area contributed by atoms with Crippen molar-refractivity contribution in [1.82, 2.24) is 0 Å². The van der Waals surface area contributed by atoms with Crippen LogP contribution in [0.15, 0.2) is 0 Å². The molecule has 0 aromatic heterocycles. The summed E-state index contributed by atoms with van der Waals surface area (Å²) in [4.78, 5) is 0. The molecule has 0 aromatic rings. The number of halogens is 4. The Bertz CT molecular complexity index is 355. The topological polar surface area (TPSA) is 0 Å². The molecule has 0 aliphatic rings. The van der Waals surface area contributed by atoms with E-state index in [-0.39, 0.29) is 27.7 Å². The summed E-state index contributed by atoms with van der Waals surface area (Å²) >= 11 is 0. The highest BCUT2D eigenvalue weighted by Crippen LogP contribution is 2.31. The molecule has 33 heavy (non-hydrogen) atoms. The van der Waals surface area contributed by atoms with Crippen LogP contribution in [-0.4, -0.2) is 12.3 Å². The van der Waals surface area contributed by atoms with Crippen LogP contribution in [0.25, 0.3) is 0 Å². The van der Waals surface area contributed by atoms with Crippen LogP contribution in [0.3, 0.4) is 0 Å². The largest absolute Gasteiger partial charge is 0.389 e. The Morgan fingerprint density at radius 1 is 0.576 bits per heavy atom. The van der Waals surface area contributed by atoms with Crippen molar-refractivity contribution in [3.8, 4) is 0 Å². The summed E-state index contributed by atoms with van der Waals surface area (Å²) in [6, 6.07) is 0. The Kier molecular flexibility index (Phi) is 31.7. The van der Waals surface area contributed by atoms with Crippen LogP contribution in [0.1, 0.15) is 158 Å². The summed E-state index contributed by atoms with van der Waals surface area (Å²) < 4.78 is 46.9. The summed E-state index contributed by atoms with van der Waals surface area (Å²) in [5.41, 5.74) is 0.598. The van der Waals surface area contributed by atoms with Gasteiger partial charge in [-0.15, -0.1) is 0 Å². The van der Waals surface area contributed by atoms with Gasteiger partial charge < -0.3 is 0 Å². The van der Waals surface area contributed by atoms with Gasteiger partial charge in [0.1, 0.15) is 0 Å². The molecule has 1 atom stereocenters. The molecule has 0 bridgehead atoms. The van der Waals surface area contributed by atoms with E-state index >= 15 is 0 Å². The van der Waals surface area contributed by atoms with Crippen molar-refractivity contribution < 1.29 is 17.6 Å². The van der Waals surface area contributed by atoms with E-state index in [9.17, 15) is 17.6 Å². The summed E-state index contributed by atoms with van der Waals surface area (Å²) in [6.45, 7) is 30.4. The zero-order valence-corrected chi connectivity index (χ0v) is 23.1. The molecule has 0 fully saturated rings. The number of hydrogen-bond donors (Lipinski definition) is 0. The van der Waals surface area contributed by atoms with Crippen LogP contribution in [0.2, 0.25) is 0 Å². The van der Waals surface area contributed by atoms with Gasteiger partial charge in [-0.25, -0.2) is 4.39 Å². The number of rotatable bonds is 2. The van der Waals surface area contributed by atoms with Crippen LogP contribution in [0.5, 0.6) is 0 Å². The molecule has 0 amide bonds. The maximum Gasteiger partial charge on any atom is 0.389 e. The first-order valence-electron chi connectivity index (χ1n) is 11.5. The molecule has 0 radical (unpaired) electrons. The average Bonchev–Trinajstić information content (AvgIpc) is 2.30. The highest BCUT2D eigenvalue weighted by atomic mass is 19.4. The number of hydrogen-bond acceptors (Lipinski definition) is 0. The number of alkyl halides is 4. The third kappa shape index (κ3) is 89.2. The minimum atomic E-state index is -4.02. The third-order valence-corrected chi connectivity index (χ3v) is 3.69. The Hall–Kier alpha value is -0.280. The van der Waals surface area contributed by atoms with Gasteiger partial charge in [-0.3, -0.25) is 0 Å². The van der Waals surface area contributed by atoms with Crippen LogP contribution >= 0.6 is 0 Å². The zero-order valence-electron chi connectivity index (χ0n) is 23.1. The Morgan fingerprint density at radius 2 is 0.879 bits per heavy atom. The smallest absolute Gasteiger partial charge is 0.248 e. The van der Waals surface area contributed by atoms with E-state index in [2.05, 4.69) is 55.4 Å². The van der Waals surface area contributed by atoms with Crippen LogP contribution in [0, 0.1) is 21.7 Å². The maximum absolute atomic E-state index is 12.2. The molecule has 0 heterocycles. The van der Waals surface area contributed by atoms with Gasteiger partial charge in [-0.05, 0) is 41.4 Å². The van der Waals surface area contributed by atoms with E-state index in [0.717, 1.165) is 0 Å². The Labute approximate surface area is 210 Å². The van der Waals surface area contributed by atoms with Crippen molar-refractivity contribution in [1.29, 1.82) is 0 Å². The van der Waals surface area contributed by atoms with Crippen molar-refractivity contribution in [3.63, 3.8) is 0 Å². The lowest BCUT2D eigenvalue weighted by Crippen LogP contribution is -2.18. The highest BCUT2D eigenvalue weighted by Gasteiger charge is 2.33. The van der Waals surface area contributed by atoms with E-state index in [1.807, 2.05) is 20.8 Å².